The molecular weight excluding hydrogens is 507 g/mol. The van der Waals surface area contributed by atoms with Crippen LogP contribution in [-0.4, -0.2) is 90.5 Å². The van der Waals surface area contributed by atoms with Crippen LogP contribution in [0.15, 0.2) is 30.6 Å². The van der Waals surface area contributed by atoms with Gasteiger partial charge in [0.05, 0.1) is 28.4 Å². The van der Waals surface area contributed by atoms with Crippen molar-refractivity contribution in [3.05, 3.63) is 36.4 Å². The molecule has 2 aliphatic rings. The molecular formula is C23H29FN6O4S2. The standard InChI is InChI=1S/C23H29FN6O4S2/c24-17-15-25-22(26-16-17)29-6-4-19(5-7-29)34-23-27-20-3-2-18(14-21(20)35-23)28-8-10-30(11-9-28)36(32,33)13-1-12-31/h2-3,14-16,19,31H,1,4-13H2. The van der Waals surface area contributed by atoms with Crippen LogP contribution in [0.25, 0.3) is 10.2 Å². The molecule has 4 heterocycles. The second-order valence-electron chi connectivity index (χ2n) is 8.92. The molecule has 0 amide bonds. The van der Waals surface area contributed by atoms with E-state index in [-0.39, 0.29) is 24.9 Å². The molecule has 0 aliphatic carbocycles. The summed E-state index contributed by atoms with van der Waals surface area (Å²) in [5, 5.41) is 9.58. The quantitative estimate of drug-likeness (QED) is 0.463. The first-order valence-corrected chi connectivity index (χ1v) is 14.5. The fraction of sp³-hybridized carbons (Fsp3) is 0.522. The first-order chi connectivity index (χ1) is 17.4. The molecule has 0 radical (unpaired) electrons. The van der Waals surface area contributed by atoms with E-state index in [1.54, 1.807) is 0 Å². The van der Waals surface area contributed by atoms with Crippen molar-refractivity contribution in [3.63, 3.8) is 0 Å². The third-order valence-electron chi connectivity index (χ3n) is 6.51. The smallest absolute Gasteiger partial charge is 0.274 e. The van der Waals surface area contributed by atoms with Gasteiger partial charge in [0.25, 0.3) is 5.19 Å². The summed E-state index contributed by atoms with van der Waals surface area (Å²) in [6.45, 7) is 3.43. The molecule has 2 saturated heterocycles. The van der Waals surface area contributed by atoms with E-state index in [9.17, 15) is 12.8 Å². The average Bonchev–Trinajstić information content (AvgIpc) is 3.30. The number of sulfonamides is 1. The Labute approximate surface area is 213 Å². The first-order valence-electron chi connectivity index (χ1n) is 12.0. The van der Waals surface area contributed by atoms with Crippen molar-refractivity contribution in [2.45, 2.75) is 25.4 Å². The summed E-state index contributed by atoms with van der Waals surface area (Å²) in [5.41, 5.74) is 1.92. The normalized spacial score (nSPS) is 18.2. The lowest BCUT2D eigenvalue weighted by Gasteiger charge is -2.35. The molecule has 0 saturated carbocycles. The zero-order valence-corrected chi connectivity index (χ0v) is 21.4. The Kier molecular flexibility index (Phi) is 7.51. The molecule has 2 aromatic heterocycles. The Hall–Kier alpha value is -2.61. The lowest BCUT2D eigenvalue weighted by atomic mass is 10.1. The number of rotatable bonds is 8. The molecule has 194 valence electrons. The third-order valence-corrected chi connectivity index (χ3v) is 9.37. The lowest BCUT2D eigenvalue weighted by molar-refractivity contribution is 0.170. The number of halogens is 1. The predicted octanol–water partition coefficient (Wildman–Crippen LogP) is 2.11. The molecule has 3 aromatic rings. The van der Waals surface area contributed by atoms with Gasteiger partial charge in [0.2, 0.25) is 16.0 Å². The Morgan fingerprint density at radius 3 is 2.47 bits per heavy atom. The second kappa shape index (κ2) is 10.8. The minimum Gasteiger partial charge on any atom is -0.467 e. The number of piperazine rings is 1. The van der Waals surface area contributed by atoms with Crippen LogP contribution in [0.5, 0.6) is 5.19 Å². The van der Waals surface area contributed by atoms with Gasteiger partial charge in [0.15, 0.2) is 5.82 Å². The van der Waals surface area contributed by atoms with E-state index >= 15 is 0 Å². The highest BCUT2D eigenvalue weighted by Crippen LogP contribution is 2.33. The number of benzene rings is 1. The fourth-order valence-electron chi connectivity index (χ4n) is 4.52. The Bertz CT molecular complexity index is 1270. The number of aromatic nitrogens is 3. The summed E-state index contributed by atoms with van der Waals surface area (Å²) in [6.07, 6.45) is 4.27. The van der Waals surface area contributed by atoms with E-state index in [0.717, 1.165) is 41.8 Å². The summed E-state index contributed by atoms with van der Waals surface area (Å²) in [7, 11) is -3.32. The summed E-state index contributed by atoms with van der Waals surface area (Å²) in [6, 6.07) is 6.08. The Morgan fingerprint density at radius 1 is 1.06 bits per heavy atom. The van der Waals surface area contributed by atoms with Crippen LogP contribution >= 0.6 is 11.3 Å². The lowest BCUT2D eigenvalue weighted by Crippen LogP contribution is -2.49. The number of aliphatic hydroxyl groups is 1. The van der Waals surface area contributed by atoms with Gasteiger partial charge < -0.3 is 19.6 Å². The Balaban J connectivity index is 1.17. The molecule has 0 atom stereocenters. The minimum atomic E-state index is -3.32. The van der Waals surface area contributed by atoms with Gasteiger partial charge in [-0.05, 0) is 24.6 Å². The molecule has 0 unspecified atom stereocenters. The topological polar surface area (TPSA) is 112 Å². The van der Waals surface area contributed by atoms with Gasteiger partial charge in [-0.3, -0.25) is 0 Å². The van der Waals surface area contributed by atoms with Crippen LogP contribution in [-0.2, 0) is 10.0 Å². The fourth-order valence-corrected chi connectivity index (χ4v) is 6.91. The maximum absolute atomic E-state index is 13.1. The van der Waals surface area contributed by atoms with Crippen LogP contribution in [0, 0.1) is 5.82 Å². The van der Waals surface area contributed by atoms with Crippen molar-refractivity contribution in [2.75, 3.05) is 61.4 Å². The number of hydrogen-bond acceptors (Lipinski definition) is 10. The number of hydrogen-bond donors (Lipinski definition) is 1. The number of thiazole rings is 1. The molecule has 2 fully saturated rings. The van der Waals surface area contributed by atoms with Gasteiger partial charge in [0, 0.05) is 64.4 Å². The molecule has 0 bridgehead atoms. The molecule has 1 aromatic carbocycles. The molecule has 0 spiro atoms. The van der Waals surface area contributed by atoms with E-state index in [2.05, 4.69) is 25.9 Å². The highest BCUT2D eigenvalue weighted by Gasteiger charge is 2.27. The number of anilines is 2. The van der Waals surface area contributed by atoms with Gasteiger partial charge in [-0.2, -0.15) is 4.31 Å². The van der Waals surface area contributed by atoms with Crippen LogP contribution < -0.4 is 14.5 Å². The van der Waals surface area contributed by atoms with Gasteiger partial charge in [-0.15, -0.1) is 0 Å². The van der Waals surface area contributed by atoms with Crippen LogP contribution in [0.3, 0.4) is 0 Å². The maximum atomic E-state index is 13.1. The number of fused-ring (bicyclic) bond motifs is 1. The van der Waals surface area contributed by atoms with Crippen molar-refractivity contribution in [2.24, 2.45) is 0 Å². The highest BCUT2D eigenvalue weighted by atomic mass is 32.2. The van der Waals surface area contributed by atoms with Crippen molar-refractivity contribution in [1.82, 2.24) is 19.3 Å². The zero-order chi connectivity index (χ0) is 25.1. The number of nitrogens with zero attached hydrogens (tertiary/aromatic N) is 6. The Morgan fingerprint density at radius 2 is 1.78 bits per heavy atom. The van der Waals surface area contributed by atoms with E-state index in [1.807, 2.05) is 17.0 Å². The predicted molar refractivity (Wildman–Crippen MR) is 137 cm³/mol. The minimum absolute atomic E-state index is 0.0157. The van der Waals surface area contributed by atoms with Crippen LogP contribution in [0.1, 0.15) is 19.3 Å². The van der Waals surface area contributed by atoms with E-state index in [1.165, 1.54) is 28.0 Å². The zero-order valence-electron chi connectivity index (χ0n) is 19.8. The maximum Gasteiger partial charge on any atom is 0.274 e. The summed E-state index contributed by atoms with van der Waals surface area (Å²) >= 11 is 1.51. The molecule has 10 nitrogen and oxygen atoms in total. The molecule has 36 heavy (non-hydrogen) atoms. The third kappa shape index (κ3) is 5.69. The van der Waals surface area contributed by atoms with Gasteiger partial charge in [-0.25, -0.2) is 27.8 Å². The average molecular weight is 537 g/mol. The van der Waals surface area contributed by atoms with Crippen molar-refractivity contribution >= 4 is 43.2 Å². The van der Waals surface area contributed by atoms with Crippen LogP contribution in [0.2, 0.25) is 0 Å². The number of aliphatic hydroxyl groups excluding tert-OH is 1. The van der Waals surface area contributed by atoms with Crippen LogP contribution in [0.4, 0.5) is 16.0 Å². The van der Waals surface area contributed by atoms with E-state index < -0.39 is 15.8 Å². The molecule has 13 heteroatoms. The highest BCUT2D eigenvalue weighted by molar-refractivity contribution is 7.89. The number of ether oxygens (including phenoxy) is 1. The monoisotopic (exact) mass is 536 g/mol. The van der Waals surface area contributed by atoms with Crippen molar-refractivity contribution in [3.8, 4) is 5.19 Å². The van der Waals surface area contributed by atoms with Gasteiger partial charge in [-0.1, -0.05) is 11.3 Å². The van der Waals surface area contributed by atoms with Crippen molar-refractivity contribution in [1.29, 1.82) is 0 Å². The second-order valence-corrected chi connectivity index (χ2v) is 12.0. The van der Waals surface area contributed by atoms with E-state index in [0.29, 0.717) is 37.3 Å². The summed E-state index contributed by atoms with van der Waals surface area (Å²) in [4.78, 5) is 17.0. The molecule has 2 aliphatic heterocycles. The summed E-state index contributed by atoms with van der Waals surface area (Å²) in [5.74, 6) is 0.0735. The van der Waals surface area contributed by atoms with Crippen molar-refractivity contribution < 1.29 is 22.7 Å². The molecule has 1 N–H and O–H groups in total. The number of piperidine rings is 1. The largest absolute Gasteiger partial charge is 0.467 e. The first kappa shape index (κ1) is 25.1. The SMILES string of the molecule is O=S(=O)(CCCO)N1CCN(c2ccc3nc(OC4CCN(c5ncc(F)cn5)CC4)sc3c2)CC1. The molecule has 5 rings (SSSR count). The van der Waals surface area contributed by atoms with Gasteiger partial charge >= 0.3 is 0 Å². The van der Waals surface area contributed by atoms with E-state index in [4.69, 9.17) is 9.84 Å². The van der Waals surface area contributed by atoms with Gasteiger partial charge in [0.1, 0.15) is 6.10 Å². The summed E-state index contributed by atoms with van der Waals surface area (Å²) < 4.78 is 46.6.